The Bertz CT molecular complexity index is 520. The molecule has 0 aliphatic carbocycles. The monoisotopic (exact) mass is 310 g/mol. The molecule has 1 aromatic rings. The standard InChI is InChI=1S/C11H10ClF3N2O3/c12-7-2-1-6(10(19)20)3-8(7)17-9(18)4-16-5-11(13,14)15/h1-3,16H,4-5H2,(H,17,18)(H,19,20). The van der Waals surface area contributed by atoms with Crippen molar-refractivity contribution in [3.63, 3.8) is 0 Å². The summed E-state index contributed by atoms with van der Waals surface area (Å²) in [7, 11) is 0. The number of nitrogens with one attached hydrogen (secondary N) is 2. The smallest absolute Gasteiger partial charge is 0.401 e. The average molecular weight is 311 g/mol. The summed E-state index contributed by atoms with van der Waals surface area (Å²) >= 11 is 5.74. The zero-order chi connectivity index (χ0) is 15.3. The molecular formula is C11H10ClF3N2O3. The molecule has 5 nitrogen and oxygen atoms in total. The molecule has 1 aromatic carbocycles. The number of benzene rings is 1. The van der Waals surface area contributed by atoms with Gasteiger partial charge in [-0.3, -0.25) is 4.79 Å². The van der Waals surface area contributed by atoms with Crippen LogP contribution in [0.1, 0.15) is 10.4 Å². The highest BCUT2D eigenvalue weighted by atomic mass is 35.5. The molecule has 0 heterocycles. The van der Waals surface area contributed by atoms with Crippen LogP contribution in [0.15, 0.2) is 18.2 Å². The van der Waals surface area contributed by atoms with Gasteiger partial charge in [-0.2, -0.15) is 13.2 Å². The van der Waals surface area contributed by atoms with E-state index in [4.69, 9.17) is 16.7 Å². The first-order valence-corrected chi connectivity index (χ1v) is 5.67. The molecule has 0 fully saturated rings. The number of carbonyl (C=O) groups is 2. The van der Waals surface area contributed by atoms with Gasteiger partial charge in [0.1, 0.15) is 0 Å². The van der Waals surface area contributed by atoms with Gasteiger partial charge in [0, 0.05) is 0 Å². The average Bonchev–Trinajstić information content (AvgIpc) is 2.30. The summed E-state index contributed by atoms with van der Waals surface area (Å²) < 4.78 is 35.6. The fourth-order valence-corrected chi connectivity index (χ4v) is 1.43. The van der Waals surface area contributed by atoms with E-state index in [1.165, 1.54) is 12.1 Å². The summed E-state index contributed by atoms with van der Waals surface area (Å²) in [6.45, 7) is -1.88. The molecule has 3 N–H and O–H groups in total. The number of anilines is 1. The summed E-state index contributed by atoms with van der Waals surface area (Å²) in [5, 5.41) is 13.0. The predicted molar refractivity (Wildman–Crippen MR) is 66.0 cm³/mol. The maximum atomic E-state index is 11.9. The van der Waals surface area contributed by atoms with E-state index in [9.17, 15) is 22.8 Å². The fourth-order valence-electron chi connectivity index (χ4n) is 1.27. The van der Waals surface area contributed by atoms with E-state index in [0.717, 1.165) is 6.07 Å². The second kappa shape index (κ2) is 6.58. The molecule has 0 radical (unpaired) electrons. The van der Waals surface area contributed by atoms with Gasteiger partial charge in [-0.25, -0.2) is 4.79 Å². The molecule has 20 heavy (non-hydrogen) atoms. The molecular weight excluding hydrogens is 301 g/mol. The van der Waals surface area contributed by atoms with Crippen LogP contribution in [0.5, 0.6) is 0 Å². The van der Waals surface area contributed by atoms with Crippen LogP contribution in [0.3, 0.4) is 0 Å². The van der Waals surface area contributed by atoms with Crippen molar-refractivity contribution in [2.45, 2.75) is 6.18 Å². The lowest BCUT2D eigenvalue weighted by molar-refractivity contribution is -0.127. The highest BCUT2D eigenvalue weighted by Gasteiger charge is 2.26. The molecule has 1 rings (SSSR count). The van der Waals surface area contributed by atoms with Crippen molar-refractivity contribution in [3.8, 4) is 0 Å². The quantitative estimate of drug-likeness (QED) is 0.778. The Kier molecular flexibility index (Phi) is 5.34. The number of alkyl halides is 3. The highest BCUT2D eigenvalue weighted by Crippen LogP contribution is 2.23. The molecule has 0 atom stereocenters. The Balaban J connectivity index is 2.62. The van der Waals surface area contributed by atoms with E-state index in [0.29, 0.717) is 0 Å². The van der Waals surface area contributed by atoms with Gasteiger partial charge in [0.05, 0.1) is 29.4 Å². The first-order chi connectivity index (χ1) is 9.19. The predicted octanol–water partition coefficient (Wildman–Crippen LogP) is 2.13. The Labute approximate surface area is 116 Å². The number of carboxylic acid groups (broad SMARTS) is 1. The van der Waals surface area contributed by atoms with Gasteiger partial charge in [0.25, 0.3) is 0 Å². The first-order valence-electron chi connectivity index (χ1n) is 5.29. The lowest BCUT2D eigenvalue weighted by Gasteiger charge is -2.10. The van der Waals surface area contributed by atoms with Gasteiger partial charge in [0.2, 0.25) is 5.91 Å². The lowest BCUT2D eigenvalue weighted by atomic mass is 10.2. The van der Waals surface area contributed by atoms with E-state index < -0.39 is 31.1 Å². The van der Waals surface area contributed by atoms with Gasteiger partial charge in [-0.15, -0.1) is 0 Å². The second-order valence-electron chi connectivity index (χ2n) is 3.77. The van der Waals surface area contributed by atoms with E-state index in [1.807, 2.05) is 5.32 Å². The van der Waals surface area contributed by atoms with Crippen LogP contribution in [-0.2, 0) is 4.79 Å². The van der Waals surface area contributed by atoms with Crippen LogP contribution in [0, 0.1) is 0 Å². The number of hydrogen-bond acceptors (Lipinski definition) is 3. The normalized spacial score (nSPS) is 11.2. The van der Waals surface area contributed by atoms with Crippen LogP contribution >= 0.6 is 11.6 Å². The van der Waals surface area contributed by atoms with Gasteiger partial charge in [0.15, 0.2) is 0 Å². The first kappa shape index (κ1) is 16.3. The van der Waals surface area contributed by atoms with E-state index in [2.05, 4.69) is 5.32 Å². The minimum atomic E-state index is -4.42. The number of aromatic carboxylic acids is 1. The molecule has 0 aromatic heterocycles. The van der Waals surface area contributed by atoms with Gasteiger partial charge >= 0.3 is 12.1 Å². The summed E-state index contributed by atoms with van der Waals surface area (Å²) in [5.74, 6) is -1.98. The third kappa shape index (κ3) is 5.45. The van der Waals surface area contributed by atoms with Crippen LogP contribution < -0.4 is 10.6 Å². The zero-order valence-corrected chi connectivity index (χ0v) is 10.7. The molecule has 0 aliphatic rings. The van der Waals surface area contributed by atoms with Crippen molar-refractivity contribution < 1.29 is 27.9 Å². The zero-order valence-electron chi connectivity index (χ0n) is 9.92. The van der Waals surface area contributed by atoms with Crippen LogP contribution in [0.25, 0.3) is 0 Å². The number of amides is 1. The van der Waals surface area contributed by atoms with Gasteiger partial charge < -0.3 is 15.7 Å². The van der Waals surface area contributed by atoms with Crippen LogP contribution in [-0.4, -0.2) is 36.2 Å². The Morgan fingerprint density at radius 3 is 2.50 bits per heavy atom. The van der Waals surface area contributed by atoms with Crippen molar-refractivity contribution in [2.24, 2.45) is 0 Å². The molecule has 0 unspecified atom stereocenters. The van der Waals surface area contributed by atoms with E-state index >= 15 is 0 Å². The summed E-state index contributed by atoms with van der Waals surface area (Å²) in [6, 6.07) is 3.62. The topological polar surface area (TPSA) is 78.4 Å². The number of halogens is 4. The maximum absolute atomic E-state index is 11.9. The van der Waals surface area contributed by atoms with Crippen LogP contribution in [0.4, 0.5) is 18.9 Å². The molecule has 0 saturated carbocycles. The molecule has 0 spiro atoms. The molecule has 0 bridgehead atoms. The number of hydrogen-bond donors (Lipinski definition) is 3. The van der Waals surface area contributed by atoms with Crippen LogP contribution in [0.2, 0.25) is 5.02 Å². The van der Waals surface area contributed by atoms with Gasteiger partial charge in [-0.05, 0) is 18.2 Å². The number of carbonyl (C=O) groups excluding carboxylic acids is 1. The van der Waals surface area contributed by atoms with Crippen molar-refractivity contribution in [1.82, 2.24) is 5.32 Å². The Hall–Kier alpha value is -1.80. The summed E-state index contributed by atoms with van der Waals surface area (Å²) in [5.41, 5.74) is -0.0849. The van der Waals surface area contributed by atoms with Crippen molar-refractivity contribution in [3.05, 3.63) is 28.8 Å². The Morgan fingerprint density at radius 1 is 1.30 bits per heavy atom. The molecule has 9 heteroatoms. The largest absolute Gasteiger partial charge is 0.478 e. The second-order valence-corrected chi connectivity index (χ2v) is 4.17. The van der Waals surface area contributed by atoms with Crippen molar-refractivity contribution >= 4 is 29.2 Å². The van der Waals surface area contributed by atoms with E-state index in [1.54, 1.807) is 0 Å². The molecule has 0 saturated heterocycles. The number of carboxylic acids is 1. The lowest BCUT2D eigenvalue weighted by Crippen LogP contribution is -2.35. The minimum Gasteiger partial charge on any atom is -0.478 e. The Morgan fingerprint density at radius 2 is 1.95 bits per heavy atom. The third-order valence-corrected chi connectivity index (χ3v) is 2.43. The van der Waals surface area contributed by atoms with Gasteiger partial charge in [-0.1, -0.05) is 11.6 Å². The molecule has 0 aliphatic heterocycles. The summed E-state index contributed by atoms with van der Waals surface area (Å²) in [6.07, 6.45) is -4.42. The van der Waals surface area contributed by atoms with Crippen molar-refractivity contribution in [1.29, 1.82) is 0 Å². The fraction of sp³-hybridized carbons (Fsp3) is 0.273. The SMILES string of the molecule is O=C(CNCC(F)(F)F)Nc1cc(C(=O)O)ccc1Cl. The maximum Gasteiger partial charge on any atom is 0.401 e. The molecule has 110 valence electrons. The van der Waals surface area contributed by atoms with E-state index in [-0.39, 0.29) is 16.3 Å². The molecule has 1 amide bonds. The van der Waals surface area contributed by atoms with Crippen molar-refractivity contribution in [2.75, 3.05) is 18.4 Å². The number of rotatable bonds is 5. The summed E-state index contributed by atoms with van der Waals surface area (Å²) in [4.78, 5) is 22.1. The highest BCUT2D eigenvalue weighted by molar-refractivity contribution is 6.33. The third-order valence-electron chi connectivity index (χ3n) is 2.10. The minimum absolute atomic E-state index is 0.0189.